The first-order valence-corrected chi connectivity index (χ1v) is 6.80. The summed E-state index contributed by atoms with van der Waals surface area (Å²) in [7, 11) is 0. The second-order valence-electron chi connectivity index (χ2n) is 6.47. The molecule has 0 spiro atoms. The van der Waals surface area contributed by atoms with Gasteiger partial charge in [-0.05, 0) is 57.0 Å². The van der Waals surface area contributed by atoms with Gasteiger partial charge in [-0.2, -0.15) is 0 Å². The Balaban J connectivity index is 2.35. The second kappa shape index (κ2) is 6.02. The van der Waals surface area contributed by atoms with Crippen molar-refractivity contribution in [1.29, 1.82) is 0 Å². The minimum absolute atomic E-state index is 0.151. The van der Waals surface area contributed by atoms with E-state index in [0.29, 0.717) is 5.41 Å². The van der Waals surface area contributed by atoms with Crippen LogP contribution in [-0.2, 0) is 0 Å². The number of hydrogen-bond acceptors (Lipinski definition) is 2. The second-order valence-corrected chi connectivity index (χ2v) is 6.47. The molecule has 1 aliphatic rings. The van der Waals surface area contributed by atoms with Gasteiger partial charge in [0.1, 0.15) is 0 Å². The minimum Gasteiger partial charge on any atom is -0.393 e. The van der Waals surface area contributed by atoms with Gasteiger partial charge in [0, 0.05) is 6.54 Å². The van der Waals surface area contributed by atoms with Crippen molar-refractivity contribution < 1.29 is 5.11 Å². The summed E-state index contributed by atoms with van der Waals surface area (Å²) < 4.78 is 0. The predicted molar refractivity (Wildman–Crippen MR) is 69.5 cm³/mol. The SMILES string of the molecule is CC(O)CCN1CCCC(C(C)(C)C)CC1. The molecule has 16 heavy (non-hydrogen) atoms. The molecule has 0 amide bonds. The highest BCUT2D eigenvalue weighted by Gasteiger charge is 2.26. The first-order chi connectivity index (χ1) is 7.39. The molecule has 2 atom stereocenters. The van der Waals surface area contributed by atoms with E-state index in [2.05, 4.69) is 25.7 Å². The van der Waals surface area contributed by atoms with Crippen LogP contribution >= 0.6 is 0 Å². The normalized spacial score (nSPS) is 26.4. The summed E-state index contributed by atoms with van der Waals surface area (Å²) in [6, 6.07) is 0. The van der Waals surface area contributed by atoms with E-state index in [0.717, 1.165) is 18.9 Å². The molecule has 0 aromatic carbocycles. The van der Waals surface area contributed by atoms with Crippen LogP contribution in [0.3, 0.4) is 0 Å². The van der Waals surface area contributed by atoms with Crippen molar-refractivity contribution >= 4 is 0 Å². The summed E-state index contributed by atoms with van der Waals surface area (Å²) in [6.45, 7) is 12.5. The molecule has 0 aromatic heterocycles. The summed E-state index contributed by atoms with van der Waals surface area (Å²) in [4.78, 5) is 2.53. The van der Waals surface area contributed by atoms with Gasteiger partial charge in [0.05, 0.1) is 6.10 Å². The average Bonchev–Trinajstić information content (AvgIpc) is 2.38. The molecule has 0 radical (unpaired) electrons. The third kappa shape index (κ3) is 4.84. The Morgan fingerprint density at radius 3 is 2.50 bits per heavy atom. The summed E-state index contributed by atoms with van der Waals surface area (Å²) in [5, 5.41) is 9.31. The molecular formula is C14H29NO. The van der Waals surface area contributed by atoms with Crippen molar-refractivity contribution in [2.24, 2.45) is 11.3 Å². The standard InChI is InChI=1S/C14H29NO/c1-12(16)7-10-15-9-5-6-13(8-11-15)14(2,3)4/h12-13,16H,5-11H2,1-4H3. The minimum atomic E-state index is -0.151. The highest BCUT2D eigenvalue weighted by atomic mass is 16.3. The van der Waals surface area contributed by atoms with Crippen molar-refractivity contribution in [2.75, 3.05) is 19.6 Å². The molecule has 1 aliphatic heterocycles. The lowest BCUT2D eigenvalue weighted by molar-refractivity contribution is 0.154. The quantitative estimate of drug-likeness (QED) is 0.801. The van der Waals surface area contributed by atoms with Crippen LogP contribution in [0.5, 0.6) is 0 Å². The monoisotopic (exact) mass is 227 g/mol. The van der Waals surface area contributed by atoms with E-state index in [4.69, 9.17) is 0 Å². The van der Waals surface area contributed by atoms with Crippen molar-refractivity contribution in [1.82, 2.24) is 4.90 Å². The van der Waals surface area contributed by atoms with Gasteiger partial charge < -0.3 is 10.0 Å². The van der Waals surface area contributed by atoms with Crippen molar-refractivity contribution in [3.8, 4) is 0 Å². The Hall–Kier alpha value is -0.0800. The number of rotatable bonds is 3. The molecule has 1 N–H and O–H groups in total. The maximum atomic E-state index is 9.31. The van der Waals surface area contributed by atoms with Gasteiger partial charge in [-0.1, -0.05) is 20.8 Å². The fourth-order valence-electron chi connectivity index (χ4n) is 2.61. The van der Waals surface area contributed by atoms with Gasteiger partial charge in [0.15, 0.2) is 0 Å². The molecule has 0 bridgehead atoms. The molecule has 1 heterocycles. The van der Waals surface area contributed by atoms with Crippen molar-refractivity contribution in [3.63, 3.8) is 0 Å². The molecule has 1 rings (SSSR count). The van der Waals surface area contributed by atoms with Gasteiger partial charge in [-0.3, -0.25) is 0 Å². The van der Waals surface area contributed by atoms with Gasteiger partial charge in [0.2, 0.25) is 0 Å². The van der Waals surface area contributed by atoms with Gasteiger partial charge >= 0.3 is 0 Å². The molecular weight excluding hydrogens is 198 g/mol. The van der Waals surface area contributed by atoms with E-state index in [-0.39, 0.29) is 6.10 Å². The van der Waals surface area contributed by atoms with Gasteiger partial charge in [-0.15, -0.1) is 0 Å². The number of likely N-dealkylation sites (tertiary alicyclic amines) is 1. The van der Waals surface area contributed by atoms with Crippen LogP contribution in [0, 0.1) is 11.3 Å². The van der Waals surface area contributed by atoms with Crippen molar-refractivity contribution in [2.45, 2.75) is 59.5 Å². The fraction of sp³-hybridized carbons (Fsp3) is 1.00. The van der Waals surface area contributed by atoms with E-state index in [9.17, 15) is 5.11 Å². The van der Waals surface area contributed by atoms with Crippen LogP contribution in [0.1, 0.15) is 53.4 Å². The Morgan fingerprint density at radius 1 is 1.25 bits per heavy atom. The summed E-state index contributed by atoms with van der Waals surface area (Å²) in [5.74, 6) is 0.865. The average molecular weight is 227 g/mol. The lowest BCUT2D eigenvalue weighted by atomic mass is 9.77. The highest BCUT2D eigenvalue weighted by molar-refractivity contribution is 4.78. The Bertz CT molecular complexity index is 195. The smallest absolute Gasteiger partial charge is 0.0524 e. The van der Waals surface area contributed by atoms with Crippen LogP contribution < -0.4 is 0 Å². The molecule has 2 unspecified atom stereocenters. The summed E-state index contributed by atoms with van der Waals surface area (Å²) >= 11 is 0. The maximum absolute atomic E-state index is 9.31. The Labute approximate surface area is 101 Å². The predicted octanol–water partition coefficient (Wildman–Crippen LogP) is 2.91. The molecule has 2 heteroatoms. The van der Waals surface area contributed by atoms with E-state index < -0.39 is 0 Å². The Kier molecular flexibility index (Phi) is 5.26. The van der Waals surface area contributed by atoms with Crippen LogP contribution in [0.15, 0.2) is 0 Å². The van der Waals surface area contributed by atoms with E-state index in [1.807, 2.05) is 6.92 Å². The van der Waals surface area contributed by atoms with E-state index >= 15 is 0 Å². The van der Waals surface area contributed by atoms with Crippen LogP contribution in [-0.4, -0.2) is 35.7 Å². The molecule has 0 saturated carbocycles. The molecule has 0 aromatic rings. The Morgan fingerprint density at radius 2 is 1.94 bits per heavy atom. The van der Waals surface area contributed by atoms with E-state index in [1.165, 1.54) is 32.4 Å². The van der Waals surface area contributed by atoms with Crippen LogP contribution in [0.4, 0.5) is 0 Å². The lowest BCUT2D eigenvalue weighted by Crippen LogP contribution is -2.28. The third-order valence-corrected chi connectivity index (χ3v) is 3.91. The highest BCUT2D eigenvalue weighted by Crippen LogP contribution is 2.34. The molecule has 96 valence electrons. The molecule has 0 aliphatic carbocycles. The molecule has 1 saturated heterocycles. The van der Waals surface area contributed by atoms with Crippen molar-refractivity contribution in [3.05, 3.63) is 0 Å². The van der Waals surface area contributed by atoms with Crippen LogP contribution in [0.25, 0.3) is 0 Å². The number of aliphatic hydroxyl groups excluding tert-OH is 1. The van der Waals surface area contributed by atoms with Gasteiger partial charge in [-0.25, -0.2) is 0 Å². The first kappa shape index (κ1) is 14.0. The zero-order chi connectivity index (χ0) is 12.2. The maximum Gasteiger partial charge on any atom is 0.0524 e. The third-order valence-electron chi connectivity index (χ3n) is 3.91. The van der Waals surface area contributed by atoms with Gasteiger partial charge in [0.25, 0.3) is 0 Å². The van der Waals surface area contributed by atoms with E-state index in [1.54, 1.807) is 0 Å². The molecule has 1 fully saturated rings. The number of aliphatic hydroxyl groups is 1. The first-order valence-electron chi connectivity index (χ1n) is 6.80. The molecule has 2 nitrogen and oxygen atoms in total. The number of hydrogen-bond donors (Lipinski definition) is 1. The summed E-state index contributed by atoms with van der Waals surface area (Å²) in [5.41, 5.74) is 0.459. The summed E-state index contributed by atoms with van der Waals surface area (Å²) in [6.07, 6.45) is 4.78. The topological polar surface area (TPSA) is 23.5 Å². The number of nitrogens with zero attached hydrogens (tertiary/aromatic N) is 1. The zero-order valence-corrected chi connectivity index (χ0v) is 11.5. The zero-order valence-electron chi connectivity index (χ0n) is 11.5. The lowest BCUT2D eigenvalue weighted by Gasteiger charge is -2.29. The van der Waals surface area contributed by atoms with Crippen LogP contribution in [0.2, 0.25) is 0 Å². The largest absolute Gasteiger partial charge is 0.393 e. The fourth-order valence-corrected chi connectivity index (χ4v) is 2.61.